The topological polar surface area (TPSA) is 40.6 Å². The van der Waals surface area contributed by atoms with Gasteiger partial charge < -0.3 is 14.2 Å². The number of aromatic nitrogens is 1. The van der Waals surface area contributed by atoms with Gasteiger partial charge in [0.25, 0.3) is 0 Å². The van der Waals surface area contributed by atoms with Crippen LogP contribution >= 0.6 is 0 Å². The summed E-state index contributed by atoms with van der Waals surface area (Å²) in [7, 11) is 0. The van der Waals surface area contributed by atoms with Gasteiger partial charge >= 0.3 is 0 Å². The van der Waals surface area contributed by atoms with Crippen molar-refractivity contribution in [3.8, 4) is 17.2 Å². The Kier molecular flexibility index (Phi) is 4.13. The minimum atomic E-state index is 0.481. The first-order chi connectivity index (χ1) is 9.90. The van der Waals surface area contributed by atoms with Crippen LogP contribution in [-0.4, -0.2) is 24.3 Å². The van der Waals surface area contributed by atoms with E-state index < -0.39 is 0 Å². The molecule has 2 aromatic rings. The van der Waals surface area contributed by atoms with Gasteiger partial charge in [-0.25, -0.2) is 0 Å². The van der Waals surface area contributed by atoms with Crippen LogP contribution in [0.3, 0.4) is 0 Å². The molecule has 0 bridgehead atoms. The Balaban J connectivity index is 1.46. The third-order valence-electron chi connectivity index (χ3n) is 2.94. The van der Waals surface area contributed by atoms with Gasteiger partial charge in [-0.2, -0.15) is 0 Å². The molecule has 4 nitrogen and oxygen atoms in total. The minimum absolute atomic E-state index is 0.481. The van der Waals surface area contributed by atoms with Crippen LogP contribution in [0.5, 0.6) is 17.2 Å². The van der Waals surface area contributed by atoms with Crippen LogP contribution in [0, 0.1) is 0 Å². The molecule has 0 N–H and O–H groups in total. The lowest BCUT2D eigenvalue weighted by molar-refractivity contribution is 0.0881. The zero-order valence-electron chi connectivity index (χ0n) is 11.2. The maximum Gasteiger partial charge on any atom is 0.130 e. The Bertz CT molecular complexity index is 523. The molecule has 0 amide bonds. The van der Waals surface area contributed by atoms with E-state index >= 15 is 0 Å². The Labute approximate surface area is 118 Å². The van der Waals surface area contributed by atoms with Gasteiger partial charge in [-0.3, -0.25) is 4.98 Å². The summed E-state index contributed by atoms with van der Waals surface area (Å²) in [6.07, 6.45) is 6.27. The molecule has 1 aliphatic carbocycles. The van der Waals surface area contributed by atoms with Crippen molar-refractivity contribution in [2.45, 2.75) is 18.9 Å². The normalized spacial score (nSPS) is 14.0. The van der Waals surface area contributed by atoms with E-state index in [9.17, 15) is 0 Å². The number of pyridine rings is 1. The first-order valence-corrected chi connectivity index (χ1v) is 6.82. The first-order valence-electron chi connectivity index (χ1n) is 6.82. The highest BCUT2D eigenvalue weighted by atomic mass is 16.5. The largest absolute Gasteiger partial charge is 0.491 e. The zero-order valence-corrected chi connectivity index (χ0v) is 11.2. The van der Waals surface area contributed by atoms with E-state index in [4.69, 9.17) is 14.2 Å². The summed E-state index contributed by atoms with van der Waals surface area (Å²) in [5.74, 6) is 2.37. The Morgan fingerprint density at radius 2 is 1.50 bits per heavy atom. The smallest absolute Gasteiger partial charge is 0.130 e. The molecule has 1 aromatic carbocycles. The summed E-state index contributed by atoms with van der Waals surface area (Å²) < 4.78 is 16.8. The van der Waals surface area contributed by atoms with Crippen LogP contribution in [0.1, 0.15) is 12.8 Å². The summed E-state index contributed by atoms with van der Waals surface area (Å²) in [5.41, 5.74) is 0. The Hall–Kier alpha value is -2.07. The molecule has 1 fully saturated rings. The molecule has 0 atom stereocenters. The lowest BCUT2D eigenvalue weighted by Crippen LogP contribution is -2.07. The van der Waals surface area contributed by atoms with Gasteiger partial charge in [-0.15, -0.1) is 0 Å². The van der Waals surface area contributed by atoms with Gasteiger partial charge in [0.05, 0.1) is 12.7 Å². The second kappa shape index (κ2) is 6.39. The van der Waals surface area contributed by atoms with E-state index in [0.717, 1.165) is 17.2 Å². The van der Waals surface area contributed by atoms with Gasteiger partial charge in [0, 0.05) is 12.4 Å². The van der Waals surface area contributed by atoms with Gasteiger partial charge in [-0.05, 0) is 49.2 Å². The number of rotatable bonds is 7. The summed E-state index contributed by atoms with van der Waals surface area (Å²) in [6, 6.07) is 11.2. The fraction of sp³-hybridized carbons (Fsp3) is 0.312. The molecular weight excluding hydrogens is 254 g/mol. The molecule has 0 unspecified atom stereocenters. The monoisotopic (exact) mass is 271 g/mol. The lowest BCUT2D eigenvalue weighted by Gasteiger charge is -2.08. The highest BCUT2D eigenvalue weighted by Crippen LogP contribution is 2.24. The fourth-order valence-electron chi connectivity index (χ4n) is 1.76. The molecule has 1 heterocycles. The maximum atomic E-state index is 5.68. The third kappa shape index (κ3) is 3.96. The number of nitrogens with zero attached hydrogens (tertiary/aromatic N) is 1. The molecule has 1 saturated carbocycles. The van der Waals surface area contributed by atoms with Crippen LogP contribution in [-0.2, 0) is 4.74 Å². The fourth-order valence-corrected chi connectivity index (χ4v) is 1.76. The van der Waals surface area contributed by atoms with Gasteiger partial charge in [-0.1, -0.05) is 0 Å². The molecule has 1 aliphatic rings. The molecule has 4 heteroatoms. The zero-order chi connectivity index (χ0) is 13.6. The standard InChI is InChI=1S/C16H17NO3/c1-2-13(1)18-11-12-19-14-3-5-15(6-4-14)20-16-7-9-17-10-8-16/h3-10,13H,1-2,11-12H2. The number of benzene rings is 1. The van der Waals surface area contributed by atoms with Crippen LogP contribution < -0.4 is 9.47 Å². The van der Waals surface area contributed by atoms with Gasteiger partial charge in [0.1, 0.15) is 23.9 Å². The first kappa shape index (κ1) is 12.9. The number of ether oxygens (including phenoxy) is 3. The SMILES string of the molecule is c1cc(Oc2ccc(OCCOC3CC3)cc2)ccn1. The second-order valence-corrected chi connectivity index (χ2v) is 4.67. The lowest BCUT2D eigenvalue weighted by atomic mass is 10.3. The summed E-state index contributed by atoms with van der Waals surface area (Å²) in [6.45, 7) is 1.24. The second-order valence-electron chi connectivity index (χ2n) is 4.67. The highest BCUT2D eigenvalue weighted by Gasteiger charge is 2.21. The van der Waals surface area contributed by atoms with Crippen molar-refractivity contribution in [3.63, 3.8) is 0 Å². The van der Waals surface area contributed by atoms with Crippen molar-refractivity contribution in [1.29, 1.82) is 0 Å². The molecule has 0 radical (unpaired) electrons. The molecule has 104 valence electrons. The van der Waals surface area contributed by atoms with Crippen LogP contribution in [0.2, 0.25) is 0 Å². The van der Waals surface area contributed by atoms with E-state index in [1.54, 1.807) is 12.4 Å². The number of hydrogen-bond donors (Lipinski definition) is 0. The number of hydrogen-bond acceptors (Lipinski definition) is 4. The van der Waals surface area contributed by atoms with Gasteiger partial charge in [0.15, 0.2) is 0 Å². The van der Waals surface area contributed by atoms with Crippen molar-refractivity contribution in [1.82, 2.24) is 4.98 Å². The van der Waals surface area contributed by atoms with E-state index in [-0.39, 0.29) is 0 Å². The molecule has 20 heavy (non-hydrogen) atoms. The third-order valence-corrected chi connectivity index (χ3v) is 2.94. The van der Waals surface area contributed by atoms with Gasteiger partial charge in [0.2, 0.25) is 0 Å². The van der Waals surface area contributed by atoms with Crippen molar-refractivity contribution in [2.24, 2.45) is 0 Å². The molecule has 3 rings (SSSR count). The van der Waals surface area contributed by atoms with Crippen molar-refractivity contribution in [2.75, 3.05) is 13.2 Å². The minimum Gasteiger partial charge on any atom is -0.491 e. The average Bonchev–Trinajstić information content (AvgIpc) is 3.31. The predicted molar refractivity (Wildman–Crippen MR) is 75.2 cm³/mol. The molecule has 0 spiro atoms. The highest BCUT2D eigenvalue weighted by molar-refractivity contribution is 5.34. The van der Waals surface area contributed by atoms with Crippen LogP contribution in [0.4, 0.5) is 0 Å². The molecule has 0 aliphatic heterocycles. The predicted octanol–water partition coefficient (Wildman–Crippen LogP) is 3.43. The summed E-state index contributed by atoms with van der Waals surface area (Å²) in [5, 5.41) is 0. The average molecular weight is 271 g/mol. The molecule has 0 saturated heterocycles. The van der Waals surface area contributed by atoms with E-state index in [1.807, 2.05) is 36.4 Å². The summed E-state index contributed by atoms with van der Waals surface area (Å²) in [4.78, 5) is 3.95. The van der Waals surface area contributed by atoms with Crippen molar-refractivity contribution in [3.05, 3.63) is 48.8 Å². The van der Waals surface area contributed by atoms with Crippen molar-refractivity contribution < 1.29 is 14.2 Å². The van der Waals surface area contributed by atoms with E-state index in [2.05, 4.69) is 4.98 Å². The quantitative estimate of drug-likeness (QED) is 0.723. The molecule has 1 aromatic heterocycles. The summed E-state index contributed by atoms with van der Waals surface area (Å²) >= 11 is 0. The van der Waals surface area contributed by atoms with Crippen molar-refractivity contribution >= 4 is 0 Å². The Morgan fingerprint density at radius 3 is 2.20 bits per heavy atom. The van der Waals surface area contributed by atoms with Crippen LogP contribution in [0.15, 0.2) is 48.8 Å². The van der Waals surface area contributed by atoms with E-state index in [1.165, 1.54) is 12.8 Å². The van der Waals surface area contributed by atoms with Crippen LogP contribution in [0.25, 0.3) is 0 Å². The maximum absolute atomic E-state index is 5.68. The van der Waals surface area contributed by atoms with E-state index in [0.29, 0.717) is 19.3 Å². The molecular formula is C16H17NO3. The Morgan fingerprint density at radius 1 is 0.850 bits per heavy atom.